The molecular formula is C18H24FNO3. The number of ether oxygens (including phenoxy) is 2. The Morgan fingerprint density at radius 3 is 2.61 bits per heavy atom. The lowest BCUT2D eigenvalue weighted by atomic mass is 9.83. The van der Waals surface area contributed by atoms with Crippen LogP contribution in [-0.4, -0.2) is 35.3 Å². The second-order valence-electron chi connectivity index (χ2n) is 7.50. The molecule has 1 spiro atoms. The van der Waals surface area contributed by atoms with Crippen LogP contribution in [0.25, 0.3) is 0 Å². The van der Waals surface area contributed by atoms with Gasteiger partial charge in [0.1, 0.15) is 22.8 Å². The summed E-state index contributed by atoms with van der Waals surface area (Å²) in [6.45, 7) is 6.88. The molecule has 0 radical (unpaired) electrons. The Bertz CT molecular complexity index is 601. The van der Waals surface area contributed by atoms with Crippen LogP contribution in [0.2, 0.25) is 0 Å². The maximum Gasteiger partial charge on any atom is 0.410 e. The Morgan fingerprint density at radius 2 is 1.96 bits per heavy atom. The van der Waals surface area contributed by atoms with Gasteiger partial charge in [-0.3, -0.25) is 0 Å². The highest BCUT2D eigenvalue weighted by molar-refractivity contribution is 5.68. The maximum atomic E-state index is 13.3. The molecule has 4 nitrogen and oxygen atoms in total. The number of likely N-dealkylation sites (tertiary alicyclic amines) is 1. The van der Waals surface area contributed by atoms with Crippen molar-refractivity contribution >= 4 is 6.09 Å². The number of aryl methyl sites for hydroxylation is 1. The molecule has 0 atom stereocenters. The maximum absolute atomic E-state index is 13.3. The van der Waals surface area contributed by atoms with Gasteiger partial charge in [-0.25, -0.2) is 9.18 Å². The average molecular weight is 321 g/mol. The van der Waals surface area contributed by atoms with E-state index < -0.39 is 5.60 Å². The van der Waals surface area contributed by atoms with Crippen LogP contribution in [0.1, 0.15) is 45.6 Å². The van der Waals surface area contributed by atoms with Crippen LogP contribution in [0.5, 0.6) is 5.75 Å². The van der Waals surface area contributed by atoms with Gasteiger partial charge in [0.15, 0.2) is 0 Å². The molecule has 2 heterocycles. The first-order valence-electron chi connectivity index (χ1n) is 8.22. The molecule has 5 heteroatoms. The minimum atomic E-state index is -0.476. The van der Waals surface area contributed by atoms with Crippen molar-refractivity contribution < 1.29 is 18.7 Å². The smallest absolute Gasteiger partial charge is 0.410 e. The molecule has 3 rings (SSSR count). The van der Waals surface area contributed by atoms with Gasteiger partial charge in [0.2, 0.25) is 0 Å². The van der Waals surface area contributed by atoms with E-state index in [1.54, 1.807) is 17.0 Å². The van der Waals surface area contributed by atoms with Gasteiger partial charge >= 0.3 is 6.09 Å². The fraction of sp³-hybridized carbons (Fsp3) is 0.611. The third-order valence-corrected chi connectivity index (χ3v) is 4.53. The Kier molecular flexibility index (Phi) is 3.98. The molecule has 0 N–H and O–H groups in total. The van der Waals surface area contributed by atoms with E-state index in [1.807, 2.05) is 20.8 Å². The number of hydrogen-bond donors (Lipinski definition) is 0. The van der Waals surface area contributed by atoms with Gasteiger partial charge in [-0.1, -0.05) is 0 Å². The molecule has 2 aliphatic rings. The Morgan fingerprint density at radius 1 is 1.26 bits per heavy atom. The third-order valence-electron chi connectivity index (χ3n) is 4.53. The van der Waals surface area contributed by atoms with Crippen molar-refractivity contribution in [3.63, 3.8) is 0 Å². The molecule has 1 aromatic carbocycles. The molecule has 1 fully saturated rings. The van der Waals surface area contributed by atoms with Gasteiger partial charge in [0.25, 0.3) is 0 Å². The molecule has 23 heavy (non-hydrogen) atoms. The first-order valence-corrected chi connectivity index (χ1v) is 8.22. The van der Waals surface area contributed by atoms with E-state index in [-0.39, 0.29) is 17.5 Å². The highest BCUT2D eigenvalue weighted by atomic mass is 19.1. The molecule has 0 aromatic heterocycles. The molecular weight excluding hydrogens is 297 g/mol. The van der Waals surface area contributed by atoms with Crippen LogP contribution in [0.4, 0.5) is 9.18 Å². The molecule has 1 saturated heterocycles. The highest BCUT2D eigenvalue weighted by Crippen LogP contribution is 2.39. The quantitative estimate of drug-likeness (QED) is 0.727. The minimum Gasteiger partial charge on any atom is -0.487 e. The normalized spacial score (nSPS) is 19.9. The zero-order chi connectivity index (χ0) is 16.7. The number of halogens is 1. The van der Waals surface area contributed by atoms with Gasteiger partial charge in [-0.15, -0.1) is 0 Å². The zero-order valence-electron chi connectivity index (χ0n) is 14.0. The Hall–Kier alpha value is -1.78. The first-order chi connectivity index (χ1) is 10.8. The molecule has 2 aliphatic heterocycles. The average Bonchev–Trinajstić information content (AvgIpc) is 2.47. The zero-order valence-corrected chi connectivity index (χ0v) is 14.0. The van der Waals surface area contributed by atoms with E-state index in [2.05, 4.69) is 0 Å². The van der Waals surface area contributed by atoms with Crippen molar-refractivity contribution in [3.05, 3.63) is 29.6 Å². The van der Waals surface area contributed by atoms with E-state index >= 15 is 0 Å². The summed E-state index contributed by atoms with van der Waals surface area (Å²) in [5, 5.41) is 0. The van der Waals surface area contributed by atoms with Crippen LogP contribution in [0.15, 0.2) is 18.2 Å². The standard InChI is InChI=1S/C18H24FNO3/c1-17(2,3)23-16(21)20-10-8-18(9-11-20)7-6-13-12-14(19)4-5-15(13)22-18/h4-5,12H,6-11H2,1-3H3. The van der Waals surface area contributed by atoms with Gasteiger partial charge in [-0.05, 0) is 57.4 Å². The lowest BCUT2D eigenvalue weighted by Gasteiger charge is -2.44. The summed E-state index contributed by atoms with van der Waals surface area (Å²) in [7, 11) is 0. The van der Waals surface area contributed by atoms with Crippen molar-refractivity contribution in [1.29, 1.82) is 0 Å². The fourth-order valence-corrected chi connectivity index (χ4v) is 3.27. The van der Waals surface area contributed by atoms with E-state index in [4.69, 9.17) is 9.47 Å². The SMILES string of the molecule is CC(C)(C)OC(=O)N1CCC2(CCc3cc(F)ccc3O2)CC1. The highest BCUT2D eigenvalue weighted by Gasteiger charge is 2.41. The number of piperidine rings is 1. The van der Waals surface area contributed by atoms with E-state index in [1.165, 1.54) is 6.07 Å². The van der Waals surface area contributed by atoms with E-state index in [9.17, 15) is 9.18 Å². The van der Waals surface area contributed by atoms with Crippen LogP contribution in [-0.2, 0) is 11.2 Å². The first kappa shape index (κ1) is 16.1. The van der Waals surface area contributed by atoms with Gasteiger partial charge < -0.3 is 14.4 Å². The monoisotopic (exact) mass is 321 g/mol. The van der Waals surface area contributed by atoms with Crippen LogP contribution in [0.3, 0.4) is 0 Å². The molecule has 0 unspecified atom stereocenters. The van der Waals surface area contributed by atoms with Crippen LogP contribution >= 0.6 is 0 Å². The number of benzene rings is 1. The molecule has 126 valence electrons. The Balaban J connectivity index is 1.63. The van der Waals surface area contributed by atoms with Gasteiger partial charge in [-0.2, -0.15) is 0 Å². The van der Waals surface area contributed by atoms with Gasteiger partial charge in [0, 0.05) is 25.9 Å². The number of hydrogen-bond acceptors (Lipinski definition) is 3. The van der Waals surface area contributed by atoms with E-state index in [0.717, 1.165) is 37.0 Å². The number of fused-ring (bicyclic) bond motifs is 1. The second kappa shape index (κ2) is 5.69. The third kappa shape index (κ3) is 3.59. The summed E-state index contributed by atoms with van der Waals surface area (Å²) >= 11 is 0. The lowest BCUT2D eigenvalue weighted by molar-refractivity contribution is -0.0273. The molecule has 1 amide bonds. The number of amides is 1. The van der Waals surface area contributed by atoms with Crippen molar-refractivity contribution in [3.8, 4) is 5.75 Å². The van der Waals surface area contributed by atoms with Crippen LogP contribution in [0, 0.1) is 5.82 Å². The van der Waals surface area contributed by atoms with Crippen molar-refractivity contribution in [1.82, 2.24) is 4.90 Å². The number of nitrogens with zero attached hydrogens (tertiary/aromatic N) is 1. The minimum absolute atomic E-state index is 0.219. The predicted octanol–water partition coefficient (Wildman–Crippen LogP) is 3.92. The molecule has 1 aromatic rings. The summed E-state index contributed by atoms with van der Waals surface area (Å²) in [5.41, 5.74) is 0.227. The van der Waals surface area contributed by atoms with Gasteiger partial charge in [0.05, 0.1) is 0 Å². The lowest BCUT2D eigenvalue weighted by Crippen LogP contribution is -2.52. The summed E-state index contributed by atoms with van der Waals surface area (Å²) in [6.07, 6.45) is 2.99. The van der Waals surface area contributed by atoms with Crippen molar-refractivity contribution in [2.45, 2.75) is 57.7 Å². The number of carbonyl (C=O) groups excluding carboxylic acids is 1. The van der Waals surface area contributed by atoms with E-state index in [0.29, 0.717) is 13.1 Å². The summed E-state index contributed by atoms with van der Waals surface area (Å²) in [4.78, 5) is 13.9. The topological polar surface area (TPSA) is 38.8 Å². The summed E-state index contributed by atoms with van der Waals surface area (Å²) in [6, 6.07) is 4.71. The summed E-state index contributed by atoms with van der Waals surface area (Å²) in [5.74, 6) is 0.561. The second-order valence-corrected chi connectivity index (χ2v) is 7.50. The predicted molar refractivity (Wildman–Crippen MR) is 85.1 cm³/mol. The number of carbonyl (C=O) groups is 1. The molecule has 0 saturated carbocycles. The largest absolute Gasteiger partial charge is 0.487 e. The molecule has 0 aliphatic carbocycles. The fourth-order valence-electron chi connectivity index (χ4n) is 3.27. The Labute approximate surface area is 136 Å². The number of rotatable bonds is 0. The van der Waals surface area contributed by atoms with Crippen molar-refractivity contribution in [2.75, 3.05) is 13.1 Å². The van der Waals surface area contributed by atoms with Crippen LogP contribution < -0.4 is 4.74 Å². The molecule has 0 bridgehead atoms. The van der Waals surface area contributed by atoms with Crippen molar-refractivity contribution in [2.24, 2.45) is 0 Å². The summed E-state index contributed by atoms with van der Waals surface area (Å²) < 4.78 is 24.9.